The lowest BCUT2D eigenvalue weighted by Gasteiger charge is -2.09. The lowest BCUT2D eigenvalue weighted by Crippen LogP contribution is -2.03. The Hall–Kier alpha value is -0.780. The van der Waals surface area contributed by atoms with E-state index in [0.29, 0.717) is 0 Å². The summed E-state index contributed by atoms with van der Waals surface area (Å²) in [5.41, 5.74) is 2.42. The Bertz CT molecular complexity index is 380. The number of rotatable bonds is 7. The number of aliphatic carboxylic acids is 1. The van der Waals surface area contributed by atoms with Gasteiger partial charge in [-0.2, -0.15) is 0 Å². The van der Waals surface area contributed by atoms with Gasteiger partial charge in [-0.1, -0.05) is 12.5 Å². The number of carboxylic acids is 1. The third kappa shape index (κ3) is 5.91. The summed E-state index contributed by atoms with van der Waals surface area (Å²) < 4.78 is 1.22. The van der Waals surface area contributed by atoms with Crippen molar-refractivity contribution in [3.63, 3.8) is 0 Å². The second-order valence-electron chi connectivity index (χ2n) is 4.09. The number of benzene rings is 1. The van der Waals surface area contributed by atoms with Crippen LogP contribution in [0.3, 0.4) is 0 Å². The van der Waals surface area contributed by atoms with Crippen LogP contribution in [0.4, 0.5) is 5.69 Å². The highest BCUT2D eigenvalue weighted by atomic mass is 127. The van der Waals surface area contributed by atoms with Crippen molar-refractivity contribution in [3.8, 4) is 0 Å². The molecule has 2 N–H and O–H groups in total. The van der Waals surface area contributed by atoms with Crippen molar-refractivity contribution in [2.24, 2.45) is 0 Å². The Morgan fingerprint density at radius 2 is 2.12 bits per heavy atom. The first kappa shape index (κ1) is 14.3. The van der Waals surface area contributed by atoms with E-state index in [4.69, 9.17) is 5.11 Å². The van der Waals surface area contributed by atoms with Crippen LogP contribution in [0.25, 0.3) is 0 Å². The molecule has 0 amide bonds. The quantitative estimate of drug-likeness (QED) is 0.585. The second-order valence-corrected chi connectivity index (χ2v) is 5.34. The normalized spacial score (nSPS) is 10.2. The number of hydrogen-bond donors (Lipinski definition) is 2. The molecule has 0 radical (unpaired) electrons. The first-order valence-electron chi connectivity index (χ1n) is 5.81. The molecule has 3 nitrogen and oxygen atoms in total. The highest BCUT2D eigenvalue weighted by molar-refractivity contribution is 14.1. The molecule has 0 saturated heterocycles. The smallest absolute Gasteiger partial charge is 0.303 e. The van der Waals surface area contributed by atoms with Crippen LogP contribution in [0.15, 0.2) is 18.2 Å². The van der Waals surface area contributed by atoms with Crippen molar-refractivity contribution < 1.29 is 9.90 Å². The van der Waals surface area contributed by atoms with E-state index in [1.165, 1.54) is 14.8 Å². The zero-order valence-corrected chi connectivity index (χ0v) is 12.2. The minimum Gasteiger partial charge on any atom is -0.481 e. The topological polar surface area (TPSA) is 49.3 Å². The predicted molar refractivity (Wildman–Crippen MR) is 78.5 cm³/mol. The first-order chi connectivity index (χ1) is 8.09. The summed E-state index contributed by atoms with van der Waals surface area (Å²) in [4.78, 5) is 10.3. The van der Waals surface area contributed by atoms with E-state index in [1.54, 1.807) is 0 Å². The van der Waals surface area contributed by atoms with E-state index in [-0.39, 0.29) is 6.42 Å². The summed E-state index contributed by atoms with van der Waals surface area (Å²) in [7, 11) is 0. The molecular weight excluding hydrogens is 329 g/mol. The van der Waals surface area contributed by atoms with Crippen LogP contribution in [0.2, 0.25) is 0 Å². The number of carbonyl (C=O) groups is 1. The van der Waals surface area contributed by atoms with Crippen LogP contribution in [0.1, 0.15) is 31.2 Å². The highest BCUT2D eigenvalue weighted by Gasteiger charge is 1.99. The summed E-state index contributed by atoms with van der Waals surface area (Å²) in [6, 6.07) is 6.33. The van der Waals surface area contributed by atoms with Crippen LogP contribution < -0.4 is 5.32 Å². The number of hydrogen-bond acceptors (Lipinski definition) is 2. The Morgan fingerprint density at radius 1 is 1.35 bits per heavy atom. The molecule has 1 aromatic rings. The molecule has 0 aliphatic carbocycles. The maximum Gasteiger partial charge on any atom is 0.303 e. The SMILES string of the molecule is Cc1ccc(I)cc1NCCCCCC(=O)O. The molecule has 0 bridgehead atoms. The number of nitrogens with one attached hydrogen (secondary N) is 1. The zero-order valence-electron chi connectivity index (χ0n) is 10.0. The number of halogens is 1. The van der Waals surface area contributed by atoms with E-state index in [1.807, 2.05) is 0 Å². The van der Waals surface area contributed by atoms with Gasteiger partial charge in [0.05, 0.1) is 0 Å². The molecule has 94 valence electrons. The van der Waals surface area contributed by atoms with E-state index < -0.39 is 5.97 Å². The van der Waals surface area contributed by atoms with Gasteiger partial charge in [0.2, 0.25) is 0 Å². The minimum atomic E-state index is -0.702. The molecule has 0 heterocycles. The van der Waals surface area contributed by atoms with Crippen LogP contribution in [-0.2, 0) is 4.79 Å². The van der Waals surface area contributed by atoms with Crippen molar-refractivity contribution in [1.29, 1.82) is 0 Å². The molecule has 0 unspecified atom stereocenters. The Balaban J connectivity index is 2.22. The van der Waals surface area contributed by atoms with Gasteiger partial charge in [0.15, 0.2) is 0 Å². The Kier molecular flexibility index (Phi) is 6.32. The minimum absolute atomic E-state index is 0.280. The van der Waals surface area contributed by atoms with Crippen LogP contribution in [0, 0.1) is 10.5 Å². The fourth-order valence-electron chi connectivity index (χ4n) is 1.59. The molecule has 0 saturated carbocycles. The monoisotopic (exact) mass is 347 g/mol. The molecular formula is C13H18INO2. The molecule has 0 atom stereocenters. The molecule has 0 aromatic heterocycles. The molecule has 0 aliphatic heterocycles. The van der Waals surface area contributed by atoms with Crippen LogP contribution in [0.5, 0.6) is 0 Å². The molecule has 17 heavy (non-hydrogen) atoms. The number of aryl methyl sites for hydroxylation is 1. The average molecular weight is 347 g/mol. The van der Waals surface area contributed by atoms with Crippen molar-refractivity contribution in [2.75, 3.05) is 11.9 Å². The van der Waals surface area contributed by atoms with Gasteiger partial charge in [-0.15, -0.1) is 0 Å². The van der Waals surface area contributed by atoms with E-state index in [9.17, 15) is 4.79 Å². The molecule has 1 aromatic carbocycles. The second kappa shape index (κ2) is 7.53. The number of carboxylic acid groups (broad SMARTS) is 1. The summed E-state index contributed by atoms with van der Waals surface area (Å²) in [6.45, 7) is 2.99. The summed E-state index contributed by atoms with van der Waals surface area (Å²) in [5, 5.41) is 11.9. The van der Waals surface area contributed by atoms with Gasteiger partial charge in [-0.3, -0.25) is 4.79 Å². The number of unbranched alkanes of at least 4 members (excludes halogenated alkanes) is 2. The van der Waals surface area contributed by atoms with Crippen molar-refractivity contribution >= 4 is 34.2 Å². The fraction of sp³-hybridized carbons (Fsp3) is 0.462. The summed E-state index contributed by atoms with van der Waals surface area (Å²) >= 11 is 2.30. The maximum absolute atomic E-state index is 10.3. The molecule has 0 aliphatic rings. The molecule has 0 fully saturated rings. The average Bonchev–Trinajstić information content (AvgIpc) is 2.27. The van der Waals surface area contributed by atoms with Crippen molar-refractivity contribution in [2.45, 2.75) is 32.6 Å². The summed E-state index contributed by atoms with van der Waals surface area (Å²) in [5.74, 6) is -0.702. The number of anilines is 1. The Labute approximate surface area is 116 Å². The lowest BCUT2D eigenvalue weighted by molar-refractivity contribution is -0.137. The van der Waals surface area contributed by atoms with E-state index >= 15 is 0 Å². The standard InChI is InChI=1S/C13H18INO2/c1-10-6-7-11(14)9-12(10)15-8-4-2-3-5-13(16)17/h6-7,9,15H,2-5,8H2,1H3,(H,16,17). The van der Waals surface area contributed by atoms with Crippen molar-refractivity contribution in [1.82, 2.24) is 0 Å². The molecule has 1 rings (SSSR count). The fourth-order valence-corrected chi connectivity index (χ4v) is 2.08. The van der Waals surface area contributed by atoms with E-state index in [0.717, 1.165) is 25.8 Å². The van der Waals surface area contributed by atoms with E-state index in [2.05, 4.69) is 53.0 Å². The van der Waals surface area contributed by atoms with Crippen LogP contribution in [-0.4, -0.2) is 17.6 Å². The molecule has 4 heteroatoms. The third-order valence-corrected chi connectivity index (χ3v) is 3.25. The van der Waals surface area contributed by atoms with Gasteiger partial charge < -0.3 is 10.4 Å². The highest BCUT2D eigenvalue weighted by Crippen LogP contribution is 2.18. The lowest BCUT2D eigenvalue weighted by atomic mass is 10.1. The largest absolute Gasteiger partial charge is 0.481 e. The third-order valence-electron chi connectivity index (χ3n) is 2.58. The zero-order chi connectivity index (χ0) is 12.7. The Morgan fingerprint density at radius 3 is 2.82 bits per heavy atom. The van der Waals surface area contributed by atoms with Gasteiger partial charge in [-0.05, 0) is 60.1 Å². The maximum atomic E-state index is 10.3. The summed E-state index contributed by atoms with van der Waals surface area (Å²) in [6.07, 6.45) is 3.02. The van der Waals surface area contributed by atoms with Gasteiger partial charge in [0.1, 0.15) is 0 Å². The predicted octanol–water partition coefficient (Wildman–Crippen LogP) is 3.66. The van der Waals surface area contributed by atoms with Gasteiger partial charge in [0, 0.05) is 22.2 Å². The van der Waals surface area contributed by atoms with Gasteiger partial charge in [-0.25, -0.2) is 0 Å². The van der Waals surface area contributed by atoms with Gasteiger partial charge in [0.25, 0.3) is 0 Å². The van der Waals surface area contributed by atoms with Crippen molar-refractivity contribution in [3.05, 3.63) is 27.3 Å². The molecule has 0 spiro atoms. The van der Waals surface area contributed by atoms with Gasteiger partial charge >= 0.3 is 5.97 Å². The van der Waals surface area contributed by atoms with Crippen LogP contribution >= 0.6 is 22.6 Å². The first-order valence-corrected chi connectivity index (χ1v) is 6.89.